The summed E-state index contributed by atoms with van der Waals surface area (Å²) in [7, 11) is 0. The summed E-state index contributed by atoms with van der Waals surface area (Å²) in [4.78, 5) is 42.9. The number of anilines is 1. The average molecular weight is 465 g/mol. The number of amides is 1. The summed E-state index contributed by atoms with van der Waals surface area (Å²) < 4.78 is 45.4. The second-order valence-corrected chi connectivity index (χ2v) is 8.44. The Balaban J connectivity index is 1.51. The first-order valence-corrected chi connectivity index (χ1v) is 10.6. The van der Waals surface area contributed by atoms with E-state index in [1.807, 2.05) is 0 Å². The monoisotopic (exact) mass is 465 g/mol. The number of esters is 1. The van der Waals surface area contributed by atoms with Gasteiger partial charge in [-0.3, -0.25) is 14.2 Å². The normalized spacial score (nSPS) is 14.3. The minimum atomic E-state index is -4.55. The number of fused-ring (bicyclic) bond motifs is 2. The highest BCUT2D eigenvalue weighted by atomic mass is 32.1. The molecule has 0 saturated heterocycles. The minimum Gasteiger partial charge on any atom is -0.448 e. The van der Waals surface area contributed by atoms with Crippen molar-refractivity contribution in [2.75, 3.05) is 5.32 Å². The molecule has 0 fully saturated rings. The first-order chi connectivity index (χ1) is 15.1. The van der Waals surface area contributed by atoms with Gasteiger partial charge in [-0.25, -0.2) is 9.78 Å². The van der Waals surface area contributed by atoms with Crippen LogP contribution in [0, 0.1) is 6.92 Å². The molecular weight excluding hydrogens is 447 g/mol. The predicted octanol–water partition coefficient (Wildman–Crippen LogP) is 3.92. The van der Waals surface area contributed by atoms with Crippen LogP contribution in [0.1, 0.15) is 40.0 Å². The average Bonchev–Trinajstić information content (AvgIpc) is 3.32. The largest absolute Gasteiger partial charge is 0.448 e. The third-order valence-corrected chi connectivity index (χ3v) is 6.37. The summed E-state index contributed by atoms with van der Waals surface area (Å²) in [5.41, 5.74) is -0.755. The Morgan fingerprint density at radius 1 is 1.31 bits per heavy atom. The van der Waals surface area contributed by atoms with Gasteiger partial charge in [0.2, 0.25) is 0 Å². The Kier molecular flexibility index (Phi) is 5.53. The lowest BCUT2D eigenvalue weighted by molar-refractivity contribution is -0.137. The molecule has 1 amide bonds. The summed E-state index contributed by atoms with van der Waals surface area (Å²) in [5.74, 6) is -0.909. The van der Waals surface area contributed by atoms with Crippen LogP contribution in [-0.4, -0.2) is 27.5 Å². The van der Waals surface area contributed by atoms with Crippen LogP contribution in [0.2, 0.25) is 0 Å². The van der Waals surface area contributed by atoms with E-state index in [1.165, 1.54) is 19.1 Å². The van der Waals surface area contributed by atoms with E-state index in [9.17, 15) is 27.6 Å². The molecule has 0 bridgehead atoms. The number of rotatable bonds is 4. The van der Waals surface area contributed by atoms with E-state index >= 15 is 0 Å². The van der Waals surface area contributed by atoms with E-state index in [4.69, 9.17) is 4.74 Å². The zero-order valence-corrected chi connectivity index (χ0v) is 17.9. The summed E-state index contributed by atoms with van der Waals surface area (Å²) in [6, 6.07) is 4.14. The van der Waals surface area contributed by atoms with Crippen LogP contribution in [0.3, 0.4) is 0 Å². The molecule has 168 valence electrons. The van der Waals surface area contributed by atoms with E-state index in [1.54, 1.807) is 11.5 Å². The predicted molar refractivity (Wildman–Crippen MR) is 112 cm³/mol. The van der Waals surface area contributed by atoms with Crippen molar-refractivity contribution < 1.29 is 27.5 Å². The molecule has 7 nitrogen and oxygen atoms in total. The maximum atomic E-state index is 12.8. The van der Waals surface area contributed by atoms with Crippen LogP contribution in [0.25, 0.3) is 10.2 Å². The van der Waals surface area contributed by atoms with E-state index in [-0.39, 0.29) is 16.1 Å². The van der Waals surface area contributed by atoms with Crippen molar-refractivity contribution in [2.45, 2.75) is 45.5 Å². The molecule has 0 saturated carbocycles. The Hall–Kier alpha value is -3.21. The summed E-state index contributed by atoms with van der Waals surface area (Å²) in [5, 5.41) is 2.67. The van der Waals surface area contributed by atoms with Gasteiger partial charge in [-0.1, -0.05) is 6.07 Å². The zero-order valence-electron chi connectivity index (χ0n) is 17.1. The first kappa shape index (κ1) is 22.0. The van der Waals surface area contributed by atoms with Crippen LogP contribution in [0.5, 0.6) is 0 Å². The van der Waals surface area contributed by atoms with Crippen LogP contribution in [-0.2, 0) is 28.7 Å². The van der Waals surface area contributed by atoms with Crippen LogP contribution >= 0.6 is 11.3 Å². The smallest absolute Gasteiger partial charge is 0.416 e. The lowest BCUT2D eigenvalue weighted by Crippen LogP contribution is -2.30. The number of aryl methyl sites for hydroxylation is 2. The molecule has 1 aliphatic heterocycles. The second-order valence-electron chi connectivity index (χ2n) is 7.44. The van der Waals surface area contributed by atoms with Gasteiger partial charge in [0.15, 0.2) is 6.10 Å². The molecule has 1 atom stereocenters. The number of carbonyl (C=O) groups is 2. The van der Waals surface area contributed by atoms with Gasteiger partial charge in [0.1, 0.15) is 15.5 Å². The molecule has 3 aromatic rings. The number of benzene rings is 1. The van der Waals surface area contributed by atoms with E-state index < -0.39 is 29.7 Å². The van der Waals surface area contributed by atoms with Crippen molar-refractivity contribution in [3.05, 3.63) is 56.4 Å². The van der Waals surface area contributed by atoms with Crippen molar-refractivity contribution >= 4 is 39.1 Å². The molecule has 1 aliphatic rings. The number of nitrogens with zero attached hydrogens (tertiary/aromatic N) is 2. The maximum absolute atomic E-state index is 12.8. The number of halogens is 3. The van der Waals surface area contributed by atoms with E-state index in [2.05, 4.69) is 10.3 Å². The van der Waals surface area contributed by atoms with Crippen LogP contribution in [0.15, 0.2) is 29.1 Å². The maximum Gasteiger partial charge on any atom is 0.416 e. The molecule has 0 spiro atoms. The fourth-order valence-electron chi connectivity index (χ4n) is 3.55. The van der Waals surface area contributed by atoms with Crippen molar-refractivity contribution in [1.82, 2.24) is 9.55 Å². The molecule has 3 heterocycles. The summed E-state index contributed by atoms with van der Waals surface area (Å²) in [6.45, 7) is 3.51. The molecule has 0 radical (unpaired) electrons. The van der Waals surface area contributed by atoms with Gasteiger partial charge in [-0.05, 0) is 44.0 Å². The molecular formula is C21H18F3N3O4S. The number of alkyl halides is 3. The molecule has 1 N–H and O–H groups in total. The highest BCUT2D eigenvalue weighted by molar-refractivity contribution is 7.20. The van der Waals surface area contributed by atoms with Crippen LogP contribution < -0.4 is 10.9 Å². The number of thiophene rings is 1. The number of carbonyl (C=O) groups excluding carboxylic acids is 2. The van der Waals surface area contributed by atoms with Crippen LogP contribution in [0.4, 0.5) is 18.9 Å². The Labute approximate surface area is 183 Å². The topological polar surface area (TPSA) is 90.3 Å². The van der Waals surface area contributed by atoms with Crippen molar-refractivity contribution in [1.29, 1.82) is 0 Å². The number of ether oxygens (including phenoxy) is 1. The van der Waals surface area contributed by atoms with Gasteiger partial charge in [-0.2, -0.15) is 13.2 Å². The Morgan fingerprint density at radius 3 is 2.78 bits per heavy atom. The van der Waals surface area contributed by atoms with Gasteiger partial charge >= 0.3 is 12.1 Å². The summed E-state index contributed by atoms with van der Waals surface area (Å²) in [6.07, 6.45) is -4.30. The number of aromatic nitrogens is 2. The molecule has 1 aromatic carbocycles. The molecule has 1 unspecified atom stereocenters. The van der Waals surface area contributed by atoms with E-state index in [0.717, 1.165) is 29.9 Å². The molecule has 32 heavy (non-hydrogen) atoms. The van der Waals surface area contributed by atoms with Gasteiger partial charge < -0.3 is 10.1 Å². The van der Waals surface area contributed by atoms with Gasteiger partial charge in [0, 0.05) is 18.7 Å². The van der Waals surface area contributed by atoms with Gasteiger partial charge in [0.05, 0.1) is 10.9 Å². The quantitative estimate of drug-likeness (QED) is 0.590. The molecule has 4 rings (SSSR count). The number of hydrogen-bond donors (Lipinski definition) is 1. The number of hydrogen-bond acceptors (Lipinski definition) is 6. The lowest BCUT2D eigenvalue weighted by atomic mass is 10.2. The number of nitrogens with one attached hydrogen (secondary N) is 1. The Morgan fingerprint density at radius 2 is 2.06 bits per heavy atom. The highest BCUT2D eigenvalue weighted by Crippen LogP contribution is 2.31. The SMILES string of the molecule is Cc1c(C(=O)OC(C)C(=O)Nc2cccc(C(F)(F)F)c2)sc2nc3n(c(=O)c12)CCC3. The highest BCUT2D eigenvalue weighted by Gasteiger charge is 2.31. The zero-order chi connectivity index (χ0) is 23.2. The van der Waals surface area contributed by atoms with Crippen molar-refractivity contribution in [3.8, 4) is 0 Å². The van der Waals surface area contributed by atoms with E-state index in [0.29, 0.717) is 34.6 Å². The molecule has 11 heteroatoms. The second kappa shape index (κ2) is 8.05. The minimum absolute atomic E-state index is 0.0718. The standard InChI is InChI=1S/C21H18F3N3O4S/c1-10-15-18(26-14-7-4-8-27(14)19(15)29)32-16(10)20(30)31-11(2)17(28)25-13-6-3-5-12(9-13)21(22,23)24/h3,5-6,9,11H,4,7-8H2,1-2H3,(H,25,28). The summed E-state index contributed by atoms with van der Waals surface area (Å²) >= 11 is 1.02. The van der Waals surface area contributed by atoms with Gasteiger partial charge in [0.25, 0.3) is 11.5 Å². The third kappa shape index (κ3) is 3.99. The molecule has 2 aromatic heterocycles. The molecule has 0 aliphatic carbocycles. The lowest BCUT2D eigenvalue weighted by Gasteiger charge is -2.14. The third-order valence-electron chi connectivity index (χ3n) is 5.21. The fraction of sp³-hybridized carbons (Fsp3) is 0.333. The Bertz CT molecular complexity index is 1300. The van der Waals surface area contributed by atoms with Crippen molar-refractivity contribution in [2.24, 2.45) is 0 Å². The van der Waals surface area contributed by atoms with Gasteiger partial charge in [-0.15, -0.1) is 11.3 Å². The van der Waals surface area contributed by atoms with Crippen molar-refractivity contribution in [3.63, 3.8) is 0 Å². The fourth-order valence-corrected chi connectivity index (χ4v) is 4.63. The first-order valence-electron chi connectivity index (χ1n) is 9.78.